The van der Waals surface area contributed by atoms with Gasteiger partial charge in [0.1, 0.15) is 11.9 Å². The molecular formula is C16H24N2O2. The van der Waals surface area contributed by atoms with Crippen molar-refractivity contribution in [2.45, 2.75) is 45.3 Å². The number of amides is 1. The van der Waals surface area contributed by atoms with Gasteiger partial charge in [0.15, 0.2) is 0 Å². The summed E-state index contributed by atoms with van der Waals surface area (Å²) in [6.45, 7) is 5.20. The number of likely N-dealkylation sites (tertiary alicyclic amines) is 1. The standard InChI is InChI=1S/C16H24N2O2/c1-13(10-16(17)19)20-15-7-5-6-14(11-15)12-18-8-3-2-4-9-18/h5-7,11,13H,2-4,8-10,12H2,1H3,(H2,17,19). The van der Waals surface area contributed by atoms with Crippen LogP contribution >= 0.6 is 0 Å². The van der Waals surface area contributed by atoms with Gasteiger partial charge in [-0.05, 0) is 50.6 Å². The highest BCUT2D eigenvalue weighted by atomic mass is 16.5. The lowest BCUT2D eigenvalue weighted by Gasteiger charge is -2.26. The van der Waals surface area contributed by atoms with Crippen LogP contribution in [0.2, 0.25) is 0 Å². The van der Waals surface area contributed by atoms with Gasteiger partial charge in [-0.15, -0.1) is 0 Å². The Morgan fingerprint density at radius 2 is 2.10 bits per heavy atom. The number of carbonyl (C=O) groups is 1. The highest BCUT2D eigenvalue weighted by Crippen LogP contribution is 2.19. The maximum Gasteiger partial charge on any atom is 0.221 e. The summed E-state index contributed by atoms with van der Waals surface area (Å²) < 4.78 is 5.74. The lowest BCUT2D eigenvalue weighted by atomic mass is 10.1. The van der Waals surface area contributed by atoms with Crippen molar-refractivity contribution in [1.29, 1.82) is 0 Å². The Morgan fingerprint density at radius 1 is 1.35 bits per heavy atom. The van der Waals surface area contributed by atoms with Gasteiger partial charge < -0.3 is 10.5 Å². The summed E-state index contributed by atoms with van der Waals surface area (Å²) >= 11 is 0. The van der Waals surface area contributed by atoms with E-state index in [1.807, 2.05) is 19.1 Å². The zero-order valence-corrected chi connectivity index (χ0v) is 12.2. The van der Waals surface area contributed by atoms with Gasteiger partial charge in [0.05, 0.1) is 6.42 Å². The average Bonchev–Trinajstić information content (AvgIpc) is 2.39. The van der Waals surface area contributed by atoms with E-state index in [0.29, 0.717) is 0 Å². The van der Waals surface area contributed by atoms with E-state index in [9.17, 15) is 4.79 Å². The molecule has 1 saturated heterocycles. The molecule has 4 heteroatoms. The fourth-order valence-corrected chi connectivity index (χ4v) is 2.65. The third-order valence-electron chi connectivity index (χ3n) is 3.58. The molecular weight excluding hydrogens is 252 g/mol. The monoisotopic (exact) mass is 276 g/mol. The second-order valence-corrected chi connectivity index (χ2v) is 5.58. The number of rotatable bonds is 6. The van der Waals surface area contributed by atoms with Crippen LogP contribution in [-0.4, -0.2) is 30.0 Å². The predicted molar refractivity (Wildman–Crippen MR) is 79.5 cm³/mol. The summed E-state index contributed by atoms with van der Waals surface area (Å²) in [5.74, 6) is 0.482. The molecule has 1 aromatic carbocycles. The van der Waals surface area contributed by atoms with Crippen LogP contribution in [0, 0.1) is 0 Å². The molecule has 1 unspecified atom stereocenters. The highest BCUT2D eigenvalue weighted by Gasteiger charge is 2.12. The van der Waals surface area contributed by atoms with Gasteiger partial charge >= 0.3 is 0 Å². The molecule has 0 aromatic heterocycles. The first kappa shape index (κ1) is 14.9. The van der Waals surface area contributed by atoms with Crippen LogP contribution in [0.1, 0.15) is 38.2 Å². The van der Waals surface area contributed by atoms with Gasteiger partial charge in [0.2, 0.25) is 5.91 Å². The van der Waals surface area contributed by atoms with Crippen molar-refractivity contribution in [3.8, 4) is 5.75 Å². The molecule has 20 heavy (non-hydrogen) atoms. The van der Waals surface area contributed by atoms with E-state index in [0.717, 1.165) is 12.3 Å². The average molecular weight is 276 g/mol. The van der Waals surface area contributed by atoms with Crippen molar-refractivity contribution in [1.82, 2.24) is 4.90 Å². The minimum absolute atomic E-state index is 0.183. The summed E-state index contributed by atoms with van der Waals surface area (Å²) in [4.78, 5) is 13.3. The molecule has 0 spiro atoms. The number of carbonyl (C=O) groups excluding carboxylic acids is 1. The minimum Gasteiger partial charge on any atom is -0.490 e. The molecule has 1 amide bonds. The van der Waals surface area contributed by atoms with E-state index < -0.39 is 0 Å². The van der Waals surface area contributed by atoms with Crippen LogP contribution in [0.25, 0.3) is 0 Å². The van der Waals surface area contributed by atoms with Gasteiger partial charge in [0.25, 0.3) is 0 Å². The lowest BCUT2D eigenvalue weighted by Crippen LogP contribution is -2.29. The normalized spacial score (nSPS) is 17.6. The van der Waals surface area contributed by atoms with Crippen LogP contribution in [0.5, 0.6) is 5.75 Å². The van der Waals surface area contributed by atoms with E-state index in [4.69, 9.17) is 10.5 Å². The molecule has 0 radical (unpaired) electrons. The number of hydrogen-bond donors (Lipinski definition) is 1. The van der Waals surface area contributed by atoms with E-state index >= 15 is 0 Å². The predicted octanol–water partition coefficient (Wildman–Crippen LogP) is 2.32. The first-order valence-corrected chi connectivity index (χ1v) is 7.40. The summed E-state index contributed by atoms with van der Waals surface area (Å²) in [5.41, 5.74) is 6.43. The minimum atomic E-state index is -0.332. The molecule has 0 bridgehead atoms. The first-order valence-electron chi connectivity index (χ1n) is 7.40. The molecule has 4 nitrogen and oxygen atoms in total. The fourth-order valence-electron chi connectivity index (χ4n) is 2.65. The van der Waals surface area contributed by atoms with Crippen molar-refractivity contribution in [2.75, 3.05) is 13.1 Å². The van der Waals surface area contributed by atoms with Crippen molar-refractivity contribution < 1.29 is 9.53 Å². The van der Waals surface area contributed by atoms with E-state index in [1.165, 1.54) is 37.9 Å². The third-order valence-corrected chi connectivity index (χ3v) is 3.58. The van der Waals surface area contributed by atoms with Gasteiger partial charge in [-0.1, -0.05) is 18.6 Å². The number of ether oxygens (including phenoxy) is 1. The molecule has 1 aliphatic heterocycles. The molecule has 1 heterocycles. The van der Waals surface area contributed by atoms with Crippen LogP contribution in [0.3, 0.4) is 0 Å². The number of piperidine rings is 1. The Balaban J connectivity index is 1.91. The topological polar surface area (TPSA) is 55.6 Å². The van der Waals surface area contributed by atoms with Crippen molar-refractivity contribution in [3.63, 3.8) is 0 Å². The van der Waals surface area contributed by atoms with E-state index in [-0.39, 0.29) is 18.4 Å². The van der Waals surface area contributed by atoms with Gasteiger partial charge in [-0.25, -0.2) is 0 Å². The highest BCUT2D eigenvalue weighted by molar-refractivity contribution is 5.74. The molecule has 1 fully saturated rings. The number of nitrogens with zero attached hydrogens (tertiary/aromatic N) is 1. The Labute approximate surface area is 120 Å². The van der Waals surface area contributed by atoms with Crippen LogP contribution in [-0.2, 0) is 11.3 Å². The maximum atomic E-state index is 10.9. The van der Waals surface area contributed by atoms with Gasteiger partial charge in [-0.3, -0.25) is 9.69 Å². The molecule has 0 aliphatic carbocycles. The maximum absolute atomic E-state index is 10.9. The molecule has 110 valence electrons. The smallest absolute Gasteiger partial charge is 0.221 e. The molecule has 1 aromatic rings. The Kier molecular flexibility index (Phi) is 5.41. The molecule has 2 rings (SSSR count). The Hall–Kier alpha value is -1.55. The fraction of sp³-hybridized carbons (Fsp3) is 0.562. The van der Waals surface area contributed by atoms with E-state index in [2.05, 4.69) is 17.0 Å². The third kappa shape index (κ3) is 4.85. The Bertz CT molecular complexity index is 442. The summed E-state index contributed by atoms with van der Waals surface area (Å²) in [6, 6.07) is 8.12. The molecule has 1 atom stereocenters. The Morgan fingerprint density at radius 3 is 2.80 bits per heavy atom. The van der Waals surface area contributed by atoms with Crippen molar-refractivity contribution >= 4 is 5.91 Å². The van der Waals surface area contributed by atoms with Crippen LogP contribution in [0.15, 0.2) is 24.3 Å². The quantitative estimate of drug-likeness (QED) is 0.867. The van der Waals surface area contributed by atoms with Gasteiger partial charge in [0, 0.05) is 6.54 Å². The lowest BCUT2D eigenvalue weighted by molar-refractivity contribution is -0.119. The largest absolute Gasteiger partial charge is 0.490 e. The molecule has 0 saturated carbocycles. The summed E-state index contributed by atoms with van der Waals surface area (Å²) in [5, 5.41) is 0. The van der Waals surface area contributed by atoms with Crippen molar-refractivity contribution in [2.24, 2.45) is 5.73 Å². The second kappa shape index (κ2) is 7.29. The SMILES string of the molecule is CC(CC(N)=O)Oc1cccc(CN2CCCCC2)c1. The van der Waals surface area contributed by atoms with Crippen LogP contribution in [0.4, 0.5) is 0 Å². The van der Waals surface area contributed by atoms with Crippen molar-refractivity contribution in [3.05, 3.63) is 29.8 Å². The molecule has 1 aliphatic rings. The molecule has 2 N–H and O–H groups in total. The second-order valence-electron chi connectivity index (χ2n) is 5.58. The zero-order chi connectivity index (χ0) is 14.4. The van der Waals surface area contributed by atoms with E-state index in [1.54, 1.807) is 0 Å². The number of benzene rings is 1. The number of hydrogen-bond acceptors (Lipinski definition) is 3. The summed E-state index contributed by atoms with van der Waals surface area (Å²) in [7, 11) is 0. The summed E-state index contributed by atoms with van der Waals surface area (Å²) in [6.07, 6.45) is 4.01. The van der Waals surface area contributed by atoms with Gasteiger partial charge in [-0.2, -0.15) is 0 Å². The van der Waals surface area contributed by atoms with Crippen LogP contribution < -0.4 is 10.5 Å². The first-order chi connectivity index (χ1) is 9.63. The zero-order valence-electron chi connectivity index (χ0n) is 12.2. The number of primary amides is 1. The number of nitrogens with two attached hydrogens (primary N) is 1.